The molecule has 0 aromatic heterocycles. The van der Waals surface area contributed by atoms with E-state index in [1.165, 1.54) is 7.11 Å². The third-order valence-corrected chi connectivity index (χ3v) is 2.81. The number of hydrogen-bond donors (Lipinski definition) is 1. The second kappa shape index (κ2) is 8.29. The van der Waals surface area contributed by atoms with Gasteiger partial charge >= 0.3 is 0 Å². The Hall–Kier alpha value is -1.84. The number of primary amides is 1. The van der Waals surface area contributed by atoms with Gasteiger partial charge in [0.1, 0.15) is 5.76 Å². The molecule has 0 atom stereocenters. The summed E-state index contributed by atoms with van der Waals surface area (Å²) in [6.07, 6.45) is 4.39. The van der Waals surface area contributed by atoms with Crippen LogP contribution in [0.25, 0.3) is 0 Å². The van der Waals surface area contributed by atoms with Gasteiger partial charge in [-0.1, -0.05) is 26.3 Å². The van der Waals surface area contributed by atoms with Crippen LogP contribution in [0.1, 0.15) is 34.1 Å². The minimum Gasteiger partial charge on any atom is -0.496 e. The van der Waals surface area contributed by atoms with E-state index in [9.17, 15) is 4.79 Å². The molecule has 4 nitrogen and oxygen atoms in total. The molecule has 0 aliphatic heterocycles. The van der Waals surface area contributed by atoms with Crippen LogP contribution in [0.5, 0.6) is 0 Å². The summed E-state index contributed by atoms with van der Waals surface area (Å²) in [6.45, 7) is 8.07. The lowest BCUT2D eigenvalue weighted by Crippen LogP contribution is -2.21. The molecule has 1 rings (SSSR count). The Labute approximate surface area is 115 Å². The molecule has 1 aliphatic rings. The first-order valence-corrected chi connectivity index (χ1v) is 6.49. The highest BCUT2D eigenvalue weighted by molar-refractivity contribution is 6.15. The molecule has 0 spiro atoms. The highest BCUT2D eigenvalue weighted by Gasteiger charge is 2.21. The standard InChI is InChI=1S/C13H18N2O2.C2H6/c1-5-8(2)9-6-10(13(14)16)12(17-4)7-11(9)15-3;1-2/h6-7H,5H2,1-4H3,(H2,14,16);1-2H3/b9-8-,15-11?;. The van der Waals surface area contributed by atoms with E-state index in [1.807, 2.05) is 20.8 Å². The fraction of sp³-hybridized carbons (Fsp3) is 0.467. The zero-order valence-corrected chi connectivity index (χ0v) is 12.7. The highest BCUT2D eigenvalue weighted by atomic mass is 16.5. The fourth-order valence-corrected chi connectivity index (χ4v) is 1.65. The third-order valence-electron chi connectivity index (χ3n) is 2.81. The number of carbonyl (C=O) groups excluding carboxylic acids is 1. The van der Waals surface area contributed by atoms with Gasteiger partial charge < -0.3 is 10.5 Å². The van der Waals surface area contributed by atoms with E-state index in [-0.39, 0.29) is 0 Å². The summed E-state index contributed by atoms with van der Waals surface area (Å²) in [4.78, 5) is 15.5. The number of amides is 1. The third kappa shape index (κ3) is 4.09. The smallest absolute Gasteiger partial charge is 0.252 e. The number of rotatable bonds is 3. The molecule has 0 unspecified atom stereocenters. The predicted molar refractivity (Wildman–Crippen MR) is 80.1 cm³/mol. The Balaban J connectivity index is 0.00000154. The summed E-state index contributed by atoms with van der Waals surface area (Å²) in [6, 6.07) is 0. The highest BCUT2D eigenvalue weighted by Crippen LogP contribution is 2.24. The normalized spacial score (nSPS) is 18.9. The maximum Gasteiger partial charge on any atom is 0.252 e. The van der Waals surface area contributed by atoms with Gasteiger partial charge in [-0.3, -0.25) is 9.79 Å². The Morgan fingerprint density at radius 2 is 1.95 bits per heavy atom. The molecule has 0 bridgehead atoms. The van der Waals surface area contributed by atoms with Crippen molar-refractivity contribution < 1.29 is 9.53 Å². The quantitative estimate of drug-likeness (QED) is 0.851. The minimum absolute atomic E-state index is 0.391. The second-order valence-corrected chi connectivity index (χ2v) is 3.79. The van der Waals surface area contributed by atoms with E-state index >= 15 is 0 Å². The lowest BCUT2D eigenvalue weighted by molar-refractivity contribution is -0.114. The molecule has 1 amide bonds. The average molecular weight is 264 g/mol. The first-order chi connectivity index (χ1) is 9.04. The molecule has 106 valence electrons. The predicted octanol–water partition coefficient (Wildman–Crippen LogP) is 2.77. The molecule has 0 heterocycles. The molecule has 0 aromatic carbocycles. The summed E-state index contributed by atoms with van der Waals surface area (Å²) in [7, 11) is 3.22. The monoisotopic (exact) mass is 264 g/mol. The van der Waals surface area contributed by atoms with Crippen molar-refractivity contribution in [3.8, 4) is 0 Å². The Bertz CT molecular complexity index is 455. The van der Waals surface area contributed by atoms with Crippen LogP contribution in [0.3, 0.4) is 0 Å². The molecule has 0 aromatic rings. The maximum atomic E-state index is 11.3. The van der Waals surface area contributed by atoms with Gasteiger partial charge in [0.15, 0.2) is 0 Å². The molecule has 2 N–H and O–H groups in total. The van der Waals surface area contributed by atoms with Crippen molar-refractivity contribution >= 4 is 11.6 Å². The molecule has 19 heavy (non-hydrogen) atoms. The van der Waals surface area contributed by atoms with Crippen LogP contribution in [0.4, 0.5) is 0 Å². The zero-order chi connectivity index (χ0) is 15.0. The lowest BCUT2D eigenvalue weighted by Gasteiger charge is -2.17. The maximum absolute atomic E-state index is 11.3. The summed E-state index contributed by atoms with van der Waals surface area (Å²) >= 11 is 0. The van der Waals surface area contributed by atoms with E-state index in [0.717, 1.165) is 23.3 Å². The molecule has 0 saturated carbocycles. The van der Waals surface area contributed by atoms with Gasteiger partial charge in [-0.05, 0) is 25.0 Å². The van der Waals surface area contributed by atoms with Gasteiger partial charge in [-0.15, -0.1) is 0 Å². The van der Waals surface area contributed by atoms with Crippen molar-refractivity contribution in [3.05, 3.63) is 34.6 Å². The van der Waals surface area contributed by atoms with Crippen LogP contribution < -0.4 is 5.73 Å². The van der Waals surface area contributed by atoms with Crippen molar-refractivity contribution in [1.82, 2.24) is 0 Å². The van der Waals surface area contributed by atoms with Gasteiger partial charge in [-0.25, -0.2) is 0 Å². The van der Waals surface area contributed by atoms with Gasteiger partial charge in [0, 0.05) is 13.1 Å². The molecule has 0 radical (unpaired) electrons. The first kappa shape index (κ1) is 17.2. The van der Waals surface area contributed by atoms with Crippen LogP contribution in [0, 0.1) is 0 Å². The number of allylic oxidation sites excluding steroid dienone is 4. The van der Waals surface area contributed by atoms with Gasteiger partial charge in [0.05, 0.1) is 18.4 Å². The SMILES string of the molecule is CC.CC/C(C)=C1/C=C(C(N)=O)C(OC)=CC1=NC. The summed E-state index contributed by atoms with van der Waals surface area (Å²) < 4.78 is 5.15. The number of ether oxygens (including phenoxy) is 1. The zero-order valence-electron chi connectivity index (χ0n) is 12.7. The van der Waals surface area contributed by atoms with Crippen LogP contribution >= 0.6 is 0 Å². The molecule has 1 aliphatic carbocycles. The molecule has 4 heteroatoms. The molecular weight excluding hydrogens is 240 g/mol. The largest absolute Gasteiger partial charge is 0.496 e. The van der Waals surface area contributed by atoms with Crippen LogP contribution in [0.2, 0.25) is 0 Å². The number of methoxy groups -OCH3 is 1. The van der Waals surface area contributed by atoms with E-state index in [1.54, 1.807) is 19.2 Å². The molecular formula is C15H24N2O2. The van der Waals surface area contributed by atoms with Crippen molar-refractivity contribution in [2.75, 3.05) is 14.2 Å². The number of aliphatic imine (C=N–C) groups is 1. The number of nitrogens with two attached hydrogens (primary N) is 1. The van der Waals surface area contributed by atoms with E-state index < -0.39 is 5.91 Å². The van der Waals surface area contributed by atoms with Crippen molar-refractivity contribution in [2.45, 2.75) is 34.1 Å². The first-order valence-electron chi connectivity index (χ1n) is 6.49. The van der Waals surface area contributed by atoms with Crippen LogP contribution in [-0.2, 0) is 9.53 Å². The second-order valence-electron chi connectivity index (χ2n) is 3.79. The van der Waals surface area contributed by atoms with Crippen molar-refractivity contribution in [1.29, 1.82) is 0 Å². The van der Waals surface area contributed by atoms with E-state index in [0.29, 0.717) is 11.3 Å². The topological polar surface area (TPSA) is 64.7 Å². The van der Waals surface area contributed by atoms with Crippen molar-refractivity contribution in [2.24, 2.45) is 10.7 Å². The Kier molecular flexibility index (Phi) is 7.49. The minimum atomic E-state index is -0.491. The molecule has 0 saturated heterocycles. The lowest BCUT2D eigenvalue weighted by atomic mass is 9.93. The van der Waals surface area contributed by atoms with Crippen LogP contribution in [0.15, 0.2) is 39.6 Å². The van der Waals surface area contributed by atoms with Gasteiger partial charge in [0.2, 0.25) is 0 Å². The van der Waals surface area contributed by atoms with E-state index in [4.69, 9.17) is 10.5 Å². The Morgan fingerprint density at radius 3 is 2.32 bits per heavy atom. The summed E-state index contributed by atoms with van der Waals surface area (Å²) in [5, 5.41) is 0. The summed E-state index contributed by atoms with van der Waals surface area (Å²) in [5.74, 6) is -0.0274. The molecule has 0 fully saturated rings. The number of carbonyl (C=O) groups is 1. The Morgan fingerprint density at radius 1 is 1.37 bits per heavy atom. The van der Waals surface area contributed by atoms with E-state index in [2.05, 4.69) is 11.9 Å². The number of hydrogen-bond acceptors (Lipinski definition) is 3. The van der Waals surface area contributed by atoms with Crippen LogP contribution in [-0.4, -0.2) is 25.8 Å². The fourth-order valence-electron chi connectivity index (χ4n) is 1.65. The van der Waals surface area contributed by atoms with Crippen molar-refractivity contribution in [3.63, 3.8) is 0 Å². The van der Waals surface area contributed by atoms with Gasteiger partial charge in [0.25, 0.3) is 5.91 Å². The number of nitrogens with zero attached hydrogens (tertiary/aromatic N) is 1. The van der Waals surface area contributed by atoms with Gasteiger partial charge in [-0.2, -0.15) is 0 Å². The summed E-state index contributed by atoms with van der Waals surface area (Å²) in [5.41, 5.74) is 8.65. The average Bonchev–Trinajstić information content (AvgIpc) is 2.46.